The standard InChI is InChI=1S/C16H14O3/c1-18-12-8-6-11(7-9-12)14-10-16(17)19-15-5-3-2-4-13(14)15/h2-9,14H,10H2,1H3/t14-/m1/s1. The molecule has 2 aromatic carbocycles. The van der Waals surface area contributed by atoms with Crippen molar-refractivity contribution >= 4 is 5.97 Å². The number of carbonyl (C=O) groups excluding carboxylic acids is 1. The Morgan fingerprint density at radius 3 is 2.58 bits per heavy atom. The van der Waals surface area contributed by atoms with Crippen molar-refractivity contribution in [1.82, 2.24) is 0 Å². The van der Waals surface area contributed by atoms with Gasteiger partial charge in [0.15, 0.2) is 0 Å². The highest BCUT2D eigenvalue weighted by atomic mass is 16.5. The summed E-state index contributed by atoms with van der Waals surface area (Å²) >= 11 is 0. The van der Waals surface area contributed by atoms with Crippen molar-refractivity contribution in [3.63, 3.8) is 0 Å². The number of rotatable bonds is 2. The van der Waals surface area contributed by atoms with Crippen molar-refractivity contribution < 1.29 is 14.3 Å². The van der Waals surface area contributed by atoms with E-state index in [1.165, 1.54) is 0 Å². The number of para-hydroxylation sites is 1. The Labute approximate surface area is 111 Å². The van der Waals surface area contributed by atoms with Crippen LogP contribution in [0.4, 0.5) is 0 Å². The number of hydrogen-bond acceptors (Lipinski definition) is 3. The molecule has 3 rings (SSSR count). The Morgan fingerprint density at radius 1 is 1.11 bits per heavy atom. The van der Waals surface area contributed by atoms with Gasteiger partial charge in [-0.3, -0.25) is 4.79 Å². The van der Waals surface area contributed by atoms with Crippen LogP contribution in [0.5, 0.6) is 11.5 Å². The highest BCUT2D eigenvalue weighted by Gasteiger charge is 2.27. The molecule has 0 unspecified atom stereocenters. The lowest BCUT2D eigenvalue weighted by Gasteiger charge is -2.24. The highest BCUT2D eigenvalue weighted by molar-refractivity contribution is 5.77. The van der Waals surface area contributed by atoms with E-state index < -0.39 is 0 Å². The van der Waals surface area contributed by atoms with Crippen molar-refractivity contribution in [2.75, 3.05) is 7.11 Å². The summed E-state index contributed by atoms with van der Waals surface area (Å²) in [5, 5.41) is 0. The van der Waals surface area contributed by atoms with Crippen LogP contribution >= 0.6 is 0 Å². The zero-order valence-electron chi connectivity index (χ0n) is 10.6. The minimum absolute atomic E-state index is 0.0587. The molecule has 3 nitrogen and oxygen atoms in total. The van der Waals surface area contributed by atoms with E-state index in [2.05, 4.69) is 0 Å². The van der Waals surface area contributed by atoms with Crippen molar-refractivity contribution in [1.29, 1.82) is 0 Å². The molecule has 1 atom stereocenters. The van der Waals surface area contributed by atoms with Crippen LogP contribution in [0.2, 0.25) is 0 Å². The Morgan fingerprint density at radius 2 is 1.84 bits per heavy atom. The minimum Gasteiger partial charge on any atom is -0.497 e. The summed E-state index contributed by atoms with van der Waals surface area (Å²) in [6, 6.07) is 15.5. The molecule has 0 spiro atoms. The molecule has 2 aromatic rings. The van der Waals surface area contributed by atoms with E-state index in [0.717, 1.165) is 16.9 Å². The fourth-order valence-corrected chi connectivity index (χ4v) is 2.44. The van der Waals surface area contributed by atoms with E-state index in [0.29, 0.717) is 12.2 Å². The molecule has 1 aliphatic rings. The predicted molar refractivity (Wildman–Crippen MR) is 71.5 cm³/mol. The monoisotopic (exact) mass is 254 g/mol. The number of ether oxygens (including phenoxy) is 2. The number of benzene rings is 2. The normalized spacial score (nSPS) is 17.5. The minimum atomic E-state index is -0.181. The van der Waals surface area contributed by atoms with Gasteiger partial charge < -0.3 is 9.47 Å². The van der Waals surface area contributed by atoms with Gasteiger partial charge in [0, 0.05) is 11.5 Å². The molecule has 0 aliphatic carbocycles. The zero-order chi connectivity index (χ0) is 13.2. The van der Waals surface area contributed by atoms with Gasteiger partial charge in [-0.2, -0.15) is 0 Å². The molecule has 0 N–H and O–H groups in total. The molecule has 0 saturated heterocycles. The van der Waals surface area contributed by atoms with Crippen LogP contribution in [0.3, 0.4) is 0 Å². The first-order valence-electron chi connectivity index (χ1n) is 6.21. The third-order valence-corrected chi connectivity index (χ3v) is 3.41. The number of methoxy groups -OCH3 is 1. The maximum atomic E-state index is 11.7. The van der Waals surface area contributed by atoms with Gasteiger partial charge in [0.1, 0.15) is 11.5 Å². The maximum absolute atomic E-state index is 11.7. The van der Waals surface area contributed by atoms with Gasteiger partial charge in [-0.15, -0.1) is 0 Å². The van der Waals surface area contributed by atoms with E-state index in [4.69, 9.17) is 9.47 Å². The topological polar surface area (TPSA) is 35.5 Å². The van der Waals surface area contributed by atoms with Crippen LogP contribution in [-0.4, -0.2) is 13.1 Å². The summed E-state index contributed by atoms with van der Waals surface area (Å²) in [7, 11) is 1.64. The SMILES string of the molecule is COc1ccc([C@H]2CC(=O)Oc3ccccc32)cc1. The summed E-state index contributed by atoms with van der Waals surface area (Å²) in [6.45, 7) is 0. The van der Waals surface area contributed by atoms with Crippen LogP contribution in [0.25, 0.3) is 0 Å². The number of hydrogen-bond donors (Lipinski definition) is 0. The van der Waals surface area contributed by atoms with Crippen LogP contribution in [0, 0.1) is 0 Å². The number of esters is 1. The summed E-state index contributed by atoms with van der Waals surface area (Å²) in [4.78, 5) is 11.7. The van der Waals surface area contributed by atoms with Crippen LogP contribution in [0.15, 0.2) is 48.5 Å². The molecule has 1 heterocycles. The largest absolute Gasteiger partial charge is 0.497 e. The van der Waals surface area contributed by atoms with Gasteiger partial charge in [-0.05, 0) is 23.8 Å². The first-order chi connectivity index (χ1) is 9.28. The lowest BCUT2D eigenvalue weighted by atomic mass is 9.86. The van der Waals surface area contributed by atoms with Gasteiger partial charge >= 0.3 is 5.97 Å². The van der Waals surface area contributed by atoms with Crippen LogP contribution in [0.1, 0.15) is 23.5 Å². The van der Waals surface area contributed by atoms with E-state index in [-0.39, 0.29) is 11.9 Å². The van der Waals surface area contributed by atoms with E-state index in [1.54, 1.807) is 7.11 Å². The Hall–Kier alpha value is -2.29. The molecule has 0 radical (unpaired) electrons. The quantitative estimate of drug-likeness (QED) is 0.610. The maximum Gasteiger partial charge on any atom is 0.312 e. The van der Waals surface area contributed by atoms with Crippen molar-refractivity contribution in [3.05, 3.63) is 59.7 Å². The molecular formula is C16H14O3. The number of fused-ring (bicyclic) bond motifs is 1. The molecule has 3 heteroatoms. The first-order valence-corrected chi connectivity index (χ1v) is 6.21. The number of carbonyl (C=O) groups is 1. The third-order valence-electron chi connectivity index (χ3n) is 3.41. The van der Waals surface area contributed by atoms with Crippen molar-refractivity contribution in [2.24, 2.45) is 0 Å². The Kier molecular flexibility index (Phi) is 2.95. The third kappa shape index (κ3) is 2.19. The molecule has 0 aromatic heterocycles. The fourth-order valence-electron chi connectivity index (χ4n) is 2.44. The van der Waals surface area contributed by atoms with Crippen molar-refractivity contribution in [3.8, 4) is 11.5 Å². The second kappa shape index (κ2) is 4.76. The Balaban J connectivity index is 2.02. The van der Waals surface area contributed by atoms with Gasteiger partial charge in [0.05, 0.1) is 13.5 Å². The van der Waals surface area contributed by atoms with Gasteiger partial charge in [0.25, 0.3) is 0 Å². The summed E-state index contributed by atoms with van der Waals surface area (Å²) in [5.74, 6) is 1.36. The molecular weight excluding hydrogens is 240 g/mol. The molecule has 96 valence electrons. The highest BCUT2D eigenvalue weighted by Crippen LogP contribution is 2.38. The second-order valence-corrected chi connectivity index (χ2v) is 4.54. The van der Waals surface area contributed by atoms with Crippen LogP contribution < -0.4 is 9.47 Å². The van der Waals surface area contributed by atoms with Gasteiger partial charge in [-0.25, -0.2) is 0 Å². The second-order valence-electron chi connectivity index (χ2n) is 4.54. The predicted octanol–water partition coefficient (Wildman–Crippen LogP) is 3.14. The van der Waals surface area contributed by atoms with Gasteiger partial charge in [-0.1, -0.05) is 30.3 Å². The lowest BCUT2D eigenvalue weighted by Crippen LogP contribution is -2.20. The van der Waals surface area contributed by atoms with E-state index in [1.807, 2.05) is 48.5 Å². The molecule has 0 bridgehead atoms. The molecule has 1 aliphatic heterocycles. The van der Waals surface area contributed by atoms with Crippen molar-refractivity contribution in [2.45, 2.75) is 12.3 Å². The molecule has 19 heavy (non-hydrogen) atoms. The van der Waals surface area contributed by atoms with Crippen LogP contribution in [-0.2, 0) is 4.79 Å². The molecule has 0 amide bonds. The average molecular weight is 254 g/mol. The fraction of sp³-hybridized carbons (Fsp3) is 0.188. The van der Waals surface area contributed by atoms with E-state index in [9.17, 15) is 4.79 Å². The summed E-state index contributed by atoms with van der Waals surface area (Å²) < 4.78 is 10.4. The van der Waals surface area contributed by atoms with Gasteiger partial charge in [0.2, 0.25) is 0 Å². The lowest BCUT2D eigenvalue weighted by molar-refractivity contribution is -0.135. The Bertz CT molecular complexity index is 602. The molecule has 0 saturated carbocycles. The zero-order valence-corrected chi connectivity index (χ0v) is 10.6. The smallest absolute Gasteiger partial charge is 0.312 e. The first kappa shape index (κ1) is 11.8. The van der Waals surface area contributed by atoms with E-state index >= 15 is 0 Å². The molecule has 0 fully saturated rings. The summed E-state index contributed by atoms with van der Waals surface area (Å²) in [5.41, 5.74) is 2.16. The average Bonchev–Trinajstić information content (AvgIpc) is 2.46. The summed E-state index contributed by atoms with van der Waals surface area (Å²) in [6.07, 6.45) is 0.378.